The van der Waals surface area contributed by atoms with E-state index in [-0.39, 0.29) is 18.5 Å². The highest BCUT2D eigenvalue weighted by atomic mass is 16.7. The number of esters is 1. The molecule has 0 bridgehead atoms. The lowest BCUT2D eigenvalue weighted by atomic mass is 9.99. The van der Waals surface area contributed by atoms with E-state index in [1.807, 2.05) is 6.08 Å². The average Bonchev–Trinajstić information content (AvgIpc) is 3.63. The number of hydrogen-bond donors (Lipinski definition) is 6. The van der Waals surface area contributed by atoms with Gasteiger partial charge in [-0.1, -0.05) is 307 Å². The lowest BCUT2D eigenvalue weighted by Crippen LogP contribution is -2.60. The molecule has 7 unspecified atom stereocenters. The highest BCUT2D eigenvalue weighted by Gasteiger charge is 2.44. The van der Waals surface area contributed by atoms with E-state index in [9.17, 15) is 35.1 Å². The van der Waals surface area contributed by atoms with Gasteiger partial charge in [0.1, 0.15) is 24.4 Å². The predicted octanol–water partition coefficient (Wildman–Crippen LogP) is 17.8. The fraction of sp³-hybridized carbons (Fsp3) is 0.887. The maximum atomic E-state index is 13.0. The van der Waals surface area contributed by atoms with Gasteiger partial charge in [-0.05, 0) is 57.8 Å². The highest BCUT2D eigenvalue weighted by molar-refractivity contribution is 5.76. The molecule has 0 aromatic rings. The average molecular weight is 1160 g/mol. The van der Waals surface area contributed by atoms with Crippen molar-refractivity contribution in [3.05, 3.63) is 36.5 Å². The minimum Gasteiger partial charge on any atom is -0.466 e. The number of rotatable bonds is 62. The number of aliphatic hydroxyl groups is 5. The zero-order chi connectivity index (χ0) is 59.5. The Hall–Kier alpha value is -2.12. The van der Waals surface area contributed by atoms with E-state index in [4.69, 9.17) is 14.2 Å². The predicted molar refractivity (Wildman–Crippen MR) is 343 cm³/mol. The fourth-order valence-electron chi connectivity index (χ4n) is 11.2. The summed E-state index contributed by atoms with van der Waals surface area (Å²) >= 11 is 0. The van der Waals surface area contributed by atoms with Crippen molar-refractivity contribution in [3.63, 3.8) is 0 Å². The second-order valence-corrected chi connectivity index (χ2v) is 24.6. The standard InChI is InChI=1S/C71H133NO10/c1-3-5-7-9-11-13-14-35-39-43-47-51-55-59-67(76)80-60-56-52-48-44-40-37-34-32-30-28-26-24-22-20-18-16-15-17-19-21-23-25-27-29-31-33-36-38-42-46-50-54-58-66(75)72-63(64(74)57-53-49-45-41-12-10-8-6-4-2)62-81-71-70(79)69(78)68(77)65(61-73)82-71/h7,9,13-14,53,57,63-65,68-71,73-74,77-79H,3-6,8,10-12,15-52,54-56,58-62H2,1-2H3,(H,72,75)/b9-7-,14-13-,57-53+. The summed E-state index contributed by atoms with van der Waals surface area (Å²) in [6.07, 6.45) is 67.3. The van der Waals surface area contributed by atoms with Gasteiger partial charge in [0, 0.05) is 12.8 Å². The third kappa shape index (κ3) is 49.0. The van der Waals surface area contributed by atoms with Crippen molar-refractivity contribution in [1.29, 1.82) is 0 Å². The summed E-state index contributed by atoms with van der Waals surface area (Å²) < 4.78 is 16.7. The van der Waals surface area contributed by atoms with Gasteiger partial charge in [-0.25, -0.2) is 0 Å². The Balaban J connectivity index is 1.89. The van der Waals surface area contributed by atoms with Crippen molar-refractivity contribution in [1.82, 2.24) is 5.32 Å². The molecule has 0 saturated carbocycles. The van der Waals surface area contributed by atoms with Crippen molar-refractivity contribution in [2.75, 3.05) is 19.8 Å². The molecule has 482 valence electrons. The molecule has 1 rings (SSSR count). The third-order valence-electron chi connectivity index (χ3n) is 16.7. The third-order valence-corrected chi connectivity index (χ3v) is 16.7. The van der Waals surface area contributed by atoms with Crippen LogP contribution >= 0.6 is 0 Å². The zero-order valence-corrected chi connectivity index (χ0v) is 53.5. The summed E-state index contributed by atoms with van der Waals surface area (Å²) in [5.74, 6) is -0.180. The SMILES string of the molecule is CCC/C=C\C/C=C\CCCCCCCC(=O)OCCCCCCCCCCCCCCCCCCCCCCCCCCCCCCCCCCC(=O)NC(COC1OC(CO)C(O)C(O)C1O)C(O)/C=C/CCCCCCCCC. The van der Waals surface area contributed by atoms with Crippen molar-refractivity contribution >= 4 is 11.9 Å². The lowest BCUT2D eigenvalue weighted by Gasteiger charge is -2.40. The number of hydrogen-bond acceptors (Lipinski definition) is 10. The van der Waals surface area contributed by atoms with Crippen LogP contribution < -0.4 is 5.32 Å². The summed E-state index contributed by atoms with van der Waals surface area (Å²) in [5, 5.41) is 54.3. The first-order valence-corrected chi connectivity index (χ1v) is 35.3. The van der Waals surface area contributed by atoms with Crippen LogP contribution in [0.3, 0.4) is 0 Å². The molecule has 1 saturated heterocycles. The number of carbonyl (C=O) groups is 2. The van der Waals surface area contributed by atoms with Crippen LogP contribution in [-0.4, -0.2) is 100 Å². The molecule has 1 amide bonds. The molecule has 11 nitrogen and oxygen atoms in total. The maximum Gasteiger partial charge on any atom is 0.305 e. The van der Waals surface area contributed by atoms with Gasteiger partial charge in [-0.15, -0.1) is 0 Å². The van der Waals surface area contributed by atoms with Gasteiger partial charge < -0.3 is 45.1 Å². The number of nitrogens with one attached hydrogen (secondary N) is 1. The monoisotopic (exact) mass is 1160 g/mol. The van der Waals surface area contributed by atoms with Crippen LogP contribution in [0.25, 0.3) is 0 Å². The molecule has 6 N–H and O–H groups in total. The van der Waals surface area contributed by atoms with Crippen LogP contribution in [-0.2, 0) is 23.8 Å². The maximum absolute atomic E-state index is 13.0. The quantitative estimate of drug-likeness (QED) is 0.0195. The smallest absolute Gasteiger partial charge is 0.305 e. The topological polar surface area (TPSA) is 175 Å². The number of ether oxygens (including phenoxy) is 3. The molecular formula is C71H133NO10. The Bertz CT molecular complexity index is 1460. The molecule has 0 aromatic carbocycles. The second kappa shape index (κ2) is 60.6. The number of amides is 1. The first-order valence-electron chi connectivity index (χ1n) is 35.3. The van der Waals surface area contributed by atoms with Crippen LogP contribution in [0.1, 0.15) is 341 Å². The van der Waals surface area contributed by atoms with Crippen molar-refractivity contribution in [3.8, 4) is 0 Å². The molecular weight excluding hydrogens is 1030 g/mol. The van der Waals surface area contributed by atoms with Gasteiger partial charge in [-0.2, -0.15) is 0 Å². The van der Waals surface area contributed by atoms with Crippen LogP contribution in [0.2, 0.25) is 0 Å². The lowest BCUT2D eigenvalue weighted by molar-refractivity contribution is -0.302. The van der Waals surface area contributed by atoms with Crippen LogP contribution in [0.5, 0.6) is 0 Å². The molecule has 0 aliphatic carbocycles. The molecule has 1 aliphatic heterocycles. The van der Waals surface area contributed by atoms with Crippen LogP contribution in [0.15, 0.2) is 36.5 Å². The number of aliphatic hydroxyl groups excluding tert-OH is 5. The van der Waals surface area contributed by atoms with Gasteiger partial charge in [0.05, 0.1) is 32.0 Å². The van der Waals surface area contributed by atoms with Gasteiger partial charge in [0.2, 0.25) is 5.91 Å². The van der Waals surface area contributed by atoms with Crippen LogP contribution in [0, 0.1) is 0 Å². The van der Waals surface area contributed by atoms with Crippen molar-refractivity contribution < 1.29 is 49.3 Å². The molecule has 1 heterocycles. The largest absolute Gasteiger partial charge is 0.466 e. The molecule has 7 atom stereocenters. The summed E-state index contributed by atoms with van der Waals surface area (Å²) in [4.78, 5) is 25.1. The minimum absolute atomic E-state index is 0.00172. The molecule has 82 heavy (non-hydrogen) atoms. The van der Waals surface area contributed by atoms with E-state index in [0.717, 1.165) is 64.2 Å². The van der Waals surface area contributed by atoms with Gasteiger partial charge >= 0.3 is 5.97 Å². The Kier molecular flexibility index (Phi) is 57.5. The molecule has 1 aliphatic rings. The summed E-state index contributed by atoms with van der Waals surface area (Å²) in [6, 6.07) is -0.805. The van der Waals surface area contributed by atoms with E-state index >= 15 is 0 Å². The minimum atomic E-state index is -1.57. The molecule has 11 heteroatoms. The number of carbonyl (C=O) groups excluding carboxylic acids is 2. The normalized spacial score (nSPS) is 18.4. The van der Waals surface area contributed by atoms with Crippen LogP contribution in [0.4, 0.5) is 0 Å². The number of allylic oxidation sites excluding steroid dienone is 5. The molecule has 0 aromatic heterocycles. The zero-order valence-electron chi connectivity index (χ0n) is 53.5. The Morgan fingerprint density at radius 3 is 1.28 bits per heavy atom. The van der Waals surface area contributed by atoms with E-state index in [1.54, 1.807) is 6.08 Å². The van der Waals surface area contributed by atoms with E-state index in [0.29, 0.717) is 19.4 Å². The first-order chi connectivity index (χ1) is 40.2. The first kappa shape index (κ1) is 77.9. The summed E-state index contributed by atoms with van der Waals surface area (Å²) in [7, 11) is 0. The van der Waals surface area contributed by atoms with E-state index in [1.165, 1.54) is 250 Å². The Labute approximate surface area is 504 Å². The van der Waals surface area contributed by atoms with E-state index < -0.39 is 49.5 Å². The summed E-state index contributed by atoms with van der Waals surface area (Å²) in [6.45, 7) is 4.28. The molecule has 0 radical (unpaired) electrons. The highest BCUT2D eigenvalue weighted by Crippen LogP contribution is 2.23. The molecule has 0 spiro atoms. The van der Waals surface area contributed by atoms with Crippen molar-refractivity contribution in [2.45, 2.75) is 384 Å². The van der Waals surface area contributed by atoms with E-state index in [2.05, 4.69) is 43.5 Å². The number of unbranched alkanes of at least 4 members (excludes halogenated alkanes) is 44. The van der Waals surface area contributed by atoms with Gasteiger partial charge in [-0.3, -0.25) is 9.59 Å². The fourth-order valence-corrected chi connectivity index (χ4v) is 11.2. The van der Waals surface area contributed by atoms with Gasteiger partial charge in [0.25, 0.3) is 0 Å². The Morgan fingerprint density at radius 2 is 0.841 bits per heavy atom. The summed E-state index contributed by atoms with van der Waals surface area (Å²) in [5.41, 5.74) is 0. The van der Waals surface area contributed by atoms with Gasteiger partial charge in [0.15, 0.2) is 6.29 Å². The Morgan fingerprint density at radius 1 is 0.451 bits per heavy atom. The molecule has 1 fully saturated rings. The second-order valence-electron chi connectivity index (χ2n) is 24.6. The van der Waals surface area contributed by atoms with Crippen molar-refractivity contribution in [2.24, 2.45) is 0 Å².